The average molecular weight is 322 g/mol. The first-order valence-electron chi connectivity index (χ1n) is 7.20. The molecule has 0 spiro atoms. The van der Waals surface area contributed by atoms with Gasteiger partial charge >= 0.3 is 5.97 Å². The van der Waals surface area contributed by atoms with E-state index in [2.05, 4.69) is 5.32 Å². The maximum atomic E-state index is 12.5. The van der Waals surface area contributed by atoms with Crippen LogP contribution in [-0.4, -0.2) is 40.7 Å². The Bertz CT molecular complexity index is 637. The number of hydrogen-bond acceptors (Lipinski definition) is 5. The van der Waals surface area contributed by atoms with E-state index >= 15 is 0 Å². The zero-order valence-electron chi connectivity index (χ0n) is 12.7. The van der Waals surface area contributed by atoms with Crippen molar-refractivity contribution < 1.29 is 24.4 Å². The molecule has 1 aromatic rings. The third-order valence-corrected chi connectivity index (χ3v) is 3.99. The number of rotatable bonds is 5. The van der Waals surface area contributed by atoms with Gasteiger partial charge in [0.25, 0.3) is 11.6 Å². The number of aryl methyl sites for hydroxylation is 1. The van der Waals surface area contributed by atoms with Crippen LogP contribution in [0.15, 0.2) is 18.2 Å². The lowest BCUT2D eigenvalue weighted by atomic mass is 9.86. The molecular weight excluding hydrogens is 304 g/mol. The summed E-state index contributed by atoms with van der Waals surface area (Å²) in [5, 5.41) is 22.7. The van der Waals surface area contributed by atoms with Crippen LogP contribution in [-0.2, 0) is 9.53 Å². The van der Waals surface area contributed by atoms with Crippen LogP contribution in [0, 0.1) is 17.0 Å². The maximum Gasteiger partial charge on any atom is 0.305 e. The highest BCUT2D eigenvalue weighted by molar-refractivity contribution is 5.97. The lowest BCUT2D eigenvalue weighted by molar-refractivity contribution is -0.384. The molecule has 1 amide bonds. The standard InChI is InChI=1S/C15H18N2O6/c1-10-2-3-11(17(21)22)8-12(10)14(20)16-15(9-13(18)19)4-6-23-7-5-15/h2-3,8H,4-7,9H2,1H3,(H,16,20)(H,18,19). The molecule has 124 valence electrons. The van der Waals surface area contributed by atoms with E-state index in [1.807, 2.05) is 0 Å². The highest BCUT2D eigenvalue weighted by Gasteiger charge is 2.37. The smallest absolute Gasteiger partial charge is 0.305 e. The molecule has 0 atom stereocenters. The highest BCUT2D eigenvalue weighted by Crippen LogP contribution is 2.26. The van der Waals surface area contributed by atoms with Gasteiger partial charge in [-0.2, -0.15) is 0 Å². The van der Waals surface area contributed by atoms with Crippen molar-refractivity contribution in [3.05, 3.63) is 39.4 Å². The van der Waals surface area contributed by atoms with Crippen LogP contribution in [0.1, 0.15) is 35.2 Å². The number of ether oxygens (including phenoxy) is 1. The van der Waals surface area contributed by atoms with Crippen molar-refractivity contribution in [3.63, 3.8) is 0 Å². The predicted octanol–water partition coefficient (Wildman–Crippen LogP) is 1.66. The Hall–Kier alpha value is -2.48. The average Bonchev–Trinajstić information content (AvgIpc) is 2.47. The number of non-ortho nitro benzene ring substituents is 1. The van der Waals surface area contributed by atoms with Crippen molar-refractivity contribution in [2.45, 2.75) is 31.7 Å². The molecule has 1 fully saturated rings. The van der Waals surface area contributed by atoms with E-state index < -0.39 is 22.3 Å². The number of nitrogens with one attached hydrogen (secondary N) is 1. The summed E-state index contributed by atoms with van der Waals surface area (Å²) in [6.07, 6.45) is 0.564. The molecule has 2 N–H and O–H groups in total. The number of nitro groups is 1. The van der Waals surface area contributed by atoms with Gasteiger partial charge in [0.2, 0.25) is 0 Å². The van der Waals surface area contributed by atoms with Gasteiger partial charge in [0.05, 0.1) is 16.9 Å². The molecule has 1 aromatic carbocycles. The van der Waals surface area contributed by atoms with Gasteiger partial charge in [0, 0.05) is 30.9 Å². The lowest BCUT2D eigenvalue weighted by Gasteiger charge is -2.37. The first-order chi connectivity index (χ1) is 10.8. The molecule has 0 aliphatic carbocycles. The number of nitrogens with zero attached hydrogens (tertiary/aromatic N) is 1. The Morgan fingerprint density at radius 3 is 2.61 bits per heavy atom. The van der Waals surface area contributed by atoms with E-state index in [1.165, 1.54) is 18.2 Å². The number of benzene rings is 1. The summed E-state index contributed by atoms with van der Waals surface area (Å²) in [6.45, 7) is 2.40. The zero-order valence-corrected chi connectivity index (χ0v) is 12.7. The summed E-state index contributed by atoms with van der Waals surface area (Å²) in [5.74, 6) is -1.52. The second-order valence-electron chi connectivity index (χ2n) is 5.67. The van der Waals surface area contributed by atoms with E-state index in [-0.39, 0.29) is 17.7 Å². The number of carbonyl (C=O) groups is 2. The van der Waals surface area contributed by atoms with Crippen molar-refractivity contribution in [2.75, 3.05) is 13.2 Å². The van der Waals surface area contributed by atoms with Crippen molar-refractivity contribution in [1.82, 2.24) is 5.32 Å². The van der Waals surface area contributed by atoms with Crippen LogP contribution in [0.2, 0.25) is 0 Å². The molecule has 1 heterocycles. The maximum absolute atomic E-state index is 12.5. The highest BCUT2D eigenvalue weighted by atomic mass is 16.6. The summed E-state index contributed by atoms with van der Waals surface area (Å²) >= 11 is 0. The molecule has 0 saturated carbocycles. The van der Waals surface area contributed by atoms with Crippen molar-refractivity contribution in [1.29, 1.82) is 0 Å². The lowest BCUT2D eigenvalue weighted by Crippen LogP contribution is -2.53. The van der Waals surface area contributed by atoms with Crippen molar-refractivity contribution in [3.8, 4) is 0 Å². The molecule has 8 heteroatoms. The fraction of sp³-hybridized carbons (Fsp3) is 0.467. The van der Waals surface area contributed by atoms with E-state index in [9.17, 15) is 19.7 Å². The number of carbonyl (C=O) groups excluding carboxylic acids is 1. The molecule has 2 rings (SSSR count). The third kappa shape index (κ3) is 4.04. The monoisotopic (exact) mass is 322 g/mol. The molecule has 0 bridgehead atoms. The van der Waals surface area contributed by atoms with Crippen LogP contribution >= 0.6 is 0 Å². The summed E-state index contributed by atoms with van der Waals surface area (Å²) < 4.78 is 5.23. The number of nitro benzene ring substituents is 1. The molecule has 1 aliphatic heterocycles. The van der Waals surface area contributed by atoms with Gasteiger partial charge in [-0.25, -0.2) is 0 Å². The summed E-state index contributed by atoms with van der Waals surface area (Å²) in [4.78, 5) is 33.9. The first-order valence-corrected chi connectivity index (χ1v) is 7.20. The summed E-state index contributed by atoms with van der Waals surface area (Å²) in [7, 11) is 0. The van der Waals surface area contributed by atoms with Crippen LogP contribution in [0.4, 0.5) is 5.69 Å². The van der Waals surface area contributed by atoms with Gasteiger partial charge in [0.15, 0.2) is 0 Å². The Kier molecular flexibility index (Phi) is 4.95. The molecular formula is C15H18N2O6. The van der Waals surface area contributed by atoms with Crippen LogP contribution in [0.3, 0.4) is 0 Å². The molecule has 0 unspecified atom stereocenters. The number of hydrogen-bond donors (Lipinski definition) is 2. The molecule has 1 saturated heterocycles. The van der Waals surface area contributed by atoms with E-state index in [0.29, 0.717) is 31.6 Å². The van der Waals surface area contributed by atoms with Crippen LogP contribution in [0.5, 0.6) is 0 Å². The van der Waals surface area contributed by atoms with Gasteiger partial charge in [-0.05, 0) is 25.3 Å². The fourth-order valence-corrected chi connectivity index (χ4v) is 2.67. The largest absolute Gasteiger partial charge is 0.481 e. The topological polar surface area (TPSA) is 119 Å². The van der Waals surface area contributed by atoms with Gasteiger partial charge in [-0.15, -0.1) is 0 Å². The van der Waals surface area contributed by atoms with Gasteiger partial charge < -0.3 is 15.2 Å². The second kappa shape index (κ2) is 6.74. The molecule has 8 nitrogen and oxygen atoms in total. The number of carboxylic acid groups (broad SMARTS) is 1. The Balaban J connectivity index is 2.26. The Morgan fingerprint density at radius 1 is 1.39 bits per heavy atom. The zero-order chi connectivity index (χ0) is 17.0. The summed E-state index contributed by atoms with van der Waals surface area (Å²) in [6, 6.07) is 4.03. The molecule has 1 aliphatic rings. The second-order valence-corrected chi connectivity index (χ2v) is 5.67. The van der Waals surface area contributed by atoms with Crippen LogP contribution in [0.25, 0.3) is 0 Å². The first kappa shape index (κ1) is 16.9. The molecule has 0 radical (unpaired) electrons. The van der Waals surface area contributed by atoms with Crippen LogP contribution < -0.4 is 5.32 Å². The molecule has 0 aromatic heterocycles. The molecule has 23 heavy (non-hydrogen) atoms. The van der Waals surface area contributed by atoms with E-state index in [1.54, 1.807) is 6.92 Å². The minimum Gasteiger partial charge on any atom is -0.481 e. The normalized spacial score (nSPS) is 16.6. The number of carboxylic acids is 1. The summed E-state index contributed by atoms with van der Waals surface area (Å²) in [5.41, 5.74) is -0.306. The fourth-order valence-electron chi connectivity index (χ4n) is 2.67. The Morgan fingerprint density at radius 2 is 2.04 bits per heavy atom. The van der Waals surface area contributed by atoms with E-state index in [0.717, 1.165) is 0 Å². The third-order valence-electron chi connectivity index (χ3n) is 3.99. The Labute approximate surface area is 132 Å². The quantitative estimate of drug-likeness (QED) is 0.628. The predicted molar refractivity (Wildman–Crippen MR) is 80.3 cm³/mol. The number of aliphatic carboxylic acids is 1. The minimum atomic E-state index is -1.01. The SMILES string of the molecule is Cc1ccc([N+](=O)[O-])cc1C(=O)NC1(CC(=O)O)CCOCC1. The van der Waals surface area contributed by atoms with E-state index in [4.69, 9.17) is 9.84 Å². The van der Waals surface area contributed by atoms with Gasteiger partial charge in [0.1, 0.15) is 0 Å². The van der Waals surface area contributed by atoms with Gasteiger partial charge in [-0.1, -0.05) is 6.07 Å². The minimum absolute atomic E-state index is 0.176. The van der Waals surface area contributed by atoms with Crippen molar-refractivity contribution in [2.24, 2.45) is 0 Å². The van der Waals surface area contributed by atoms with Crippen molar-refractivity contribution >= 4 is 17.6 Å². The van der Waals surface area contributed by atoms with Gasteiger partial charge in [-0.3, -0.25) is 19.7 Å². The number of amides is 1.